The van der Waals surface area contributed by atoms with E-state index in [2.05, 4.69) is 15.6 Å². The number of benzene rings is 2. The van der Waals surface area contributed by atoms with Crippen molar-refractivity contribution >= 4 is 61.6 Å². The molecule has 2 aromatic rings. The lowest BCUT2D eigenvalue weighted by atomic mass is 10.1. The van der Waals surface area contributed by atoms with E-state index in [0.29, 0.717) is 27.3 Å². The molecule has 1 saturated heterocycles. The number of carbonyl (C=O) groups is 1. The van der Waals surface area contributed by atoms with Gasteiger partial charge in [-0.25, -0.2) is 8.42 Å². The molecule has 0 spiro atoms. The van der Waals surface area contributed by atoms with Gasteiger partial charge in [0.05, 0.1) is 27.6 Å². The number of amides is 1. The summed E-state index contributed by atoms with van der Waals surface area (Å²) in [5.41, 5.74) is 2.18. The highest BCUT2D eigenvalue weighted by atomic mass is 35.5. The molecule has 29 heavy (non-hydrogen) atoms. The van der Waals surface area contributed by atoms with Crippen LogP contribution in [0.4, 0.5) is 5.69 Å². The Morgan fingerprint density at radius 1 is 1.10 bits per heavy atom. The van der Waals surface area contributed by atoms with E-state index in [1.54, 1.807) is 36.4 Å². The number of aliphatic imine (C=N–C) groups is 1. The zero-order valence-corrected chi connectivity index (χ0v) is 18.2. The fraction of sp³-hybridized carbons (Fsp3) is 0.263. The van der Waals surface area contributed by atoms with Gasteiger partial charge in [-0.05, 0) is 42.0 Å². The third-order valence-corrected chi connectivity index (χ3v) is 8.53. The molecule has 152 valence electrons. The van der Waals surface area contributed by atoms with Crippen molar-refractivity contribution in [2.24, 2.45) is 4.99 Å². The Kier molecular flexibility index (Phi) is 5.79. The van der Waals surface area contributed by atoms with Crippen LogP contribution in [-0.2, 0) is 16.4 Å². The van der Waals surface area contributed by atoms with Crippen LogP contribution in [0.15, 0.2) is 47.5 Å². The van der Waals surface area contributed by atoms with Crippen LogP contribution in [0.2, 0.25) is 10.0 Å². The van der Waals surface area contributed by atoms with Crippen molar-refractivity contribution in [3.05, 3.63) is 63.6 Å². The van der Waals surface area contributed by atoms with Gasteiger partial charge in [0.2, 0.25) is 0 Å². The van der Waals surface area contributed by atoms with Crippen LogP contribution in [0.25, 0.3) is 0 Å². The molecule has 0 unspecified atom stereocenters. The number of amidine groups is 1. The van der Waals surface area contributed by atoms with Crippen molar-refractivity contribution in [3.63, 3.8) is 0 Å². The highest BCUT2D eigenvalue weighted by molar-refractivity contribution is 8.15. The van der Waals surface area contributed by atoms with Crippen molar-refractivity contribution in [3.8, 4) is 0 Å². The highest BCUT2D eigenvalue weighted by Gasteiger charge is 2.42. The first-order chi connectivity index (χ1) is 13.8. The van der Waals surface area contributed by atoms with Gasteiger partial charge < -0.3 is 10.6 Å². The molecule has 2 N–H and O–H groups in total. The summed E-state index contributed by atoms with van der Waals surface area (Å²) in [4.78, 5) is 16.8. The smallest absolute Gasteiger partial charge is 0.251 e. The normalized spacial score (nSPS) is 22.1. The van der Waals surface area contributed by atoms with Crippen LogP contribution < -0.4 is 10.6 Å². The molecule has 1 fully saturated rings. The first-order valence-electron chi connectivity index (χ1n) is 8.83. The molecule has 1 amide bonds. The molecule has 0 bridgehead atoms. The molecule has 2 aromatic carbocycles. The molecule has 0 aliphatic carbocycles. The number of rotatable bonds is 4. The molecule has 0 saturated carbocycles. The van der Waals surface area contributed by atoms with Gasteiger partial charge in [-0.1, -0.05) is 41.0 Å². The van der Waals surface area contributed by atoms with E-state index in [9.17, 15) is 13.2 Å². The number of fused-ring (bicyclic) bond motifs is 1. The SMILES string of the molecule is O=C(NCc1ccc(Cl)c(Cl)c1)c1ccc(NC2=N[C@H]3CS(=O)(=O)C[C@@H]3S2)cc1. The largest absolute Gasteiger partial charge is 0.348 e. The summed E-state index contributed by atoms with van der Waals surface area (Å²) < 4.78 is 23.3. The summed E-state index contributed by atoms with van der Waals surface area (Å²) in [6.45, 7) is 0.342. The zero-order valence-electron chi connectivity index (χ0n) is 15.1. The lowest BCUT2D eigenvalue weighted by Gasteiger charge is -2.09. The minimum atomic E-state index is -2.96. The fourth-order valence-corrected chi connectivity index (χ4v) is 7.18. The van der Waals surface area contributed by atoms with E-state index in [4.69, 9.17) is 23.2 Å². The maximum absolute atomic E-state index is 12.3. The summed E-state index contributed by atoms with van der Waals surface area (Å²) >= 11 is 13.3. The number of halogens is 2. The molecular weight excluding hydrogens is 453 g/mol. The quantitative estimate of drug-likeness (QED) is 0.713. The van der Waals surface area contributed by atoms with Crippen molar-refractivity contribution in [1.29, 1.82) is 0 Å². The van der Waals surface area contributed by atoms with Crippen molar-refractivity contribution in [2.75, 3.05) is 16.8 Å². The van der Waals surface area contributed by atoms with E-state index in [-0.39, 0.29) is 28.7 Å². The number of anilines is 1. The molecular formula is C19H17Cl2N3O3S2. The van der Waals surface area contributed by atoms with E-state index >= 15 is 0 Å². The molecule has 2 aliphatic rings. The van der Waals surface area contributed by atoms with E-state index in [0.717, 1.165) is 11.3 Å². The van der Waals surface area contributed by atoms with Crippen LogP contribution in [0.5, 0.6) is 0 Å². The summed E-state index contributed by atoms with van der Waals surface area (Å²) in [5.74, 6) is 0.0953. The molecule has 2 heterocycles. The molecule has 0 radical (unpaired) electrons. The second-order valence-electron chi connectivity index (χ2n) is 6.87. The second-order valence-corrected chi connectivity index (χ2v) is 11.1. The van der Waals surface area contributed by atoms with Gasteiger partial charge in [-0.2, -0.15) is 0 Å². The molecule has 10 heteroatoms. The van der Waals surface area contributed by atoms with Crippen LogP contribution in [0, 0.1) is 0 Å². The Labute approximate surface area is 183 Å². The van der Waals surface area contributed by atoms with Gasteiger partial charge in [0.15, 0.2) is 15.0 Å². The molecule has 2 aliphatic heterocycles. The summed E-state index contributed by atoms with van der Waals surface area (Å²) in [6, 6.07) is 12.1. The minimum absolute atomic E-state index is 0.00563. The number of hydrogen-bond acceptors (Lipinski definition) is 6. The number of carbonyl (C=O) groups excluding carboxylic acids is 1. The summed E-state index contributed by atoms with van der Waals surface area (Å²) in [5, 5.41) is 7.66. The van der Waals surface area contributed by atoms with Gasteiger partial charge in [-0.3, -0.25) is 9.79 Å². The second kappa shape index (κ2) is 8.18. The van der Waals surface area contributed by atoms with Crippen molar-refractivity contribution in [2.45, 2.75) is 17.8 Å². The van der Waals surface area contributed by atoms with Gasteiger partial charge in [0, 0.05) is 23.0 Å². The number of nitrogens with one attached hydrogen (secondary N) is 2. The molecule has 2 atom stereocenters. The average molecular weight is 470 g/mol. The number of thioether (sulfide) groups is 1. The highest BCUT2D eigenvalue weighted by Crippen LogP contribution is 2.34. The van der Waals surface area contributed by atoms with Crippen LogP contribution >= 0.6 is 35.0 Å². The van der Waals surface area contributed by atoms with Gasteiger partial charge >= 0.3 is 0 Å². The van der Waals surface area contributed by atoms with E-state index in [1.165, 1.54) is 11.8 Å². The number of sulfone groups is 1. The van der Waals surface area contributed by atoms with Crippen LogP contribution in [-0.4, -0.2) is 42.3 Å². The maximum Gasteiger partial charge on any atom is 0.251 e. The fourth-order valence-electron chi connectivity index (χ4n) is 3.18. The van der Waals surface area contributed by atoms with Crippen LogP contribution in [0.1, 0.15) is 15.9 Å². The Morgan fingerprint density at radius 3 is 2.55 bits per heavy atom. The van der Waals surface area contributed by atoms with Gasteiger partial charge in [0.1, 0.15) is 0 Å². The minimum Gasteiger partial charge on any atom is -0.348 e. The predicted molar refractivity (Wildman–Crippen MR) is 119 cm³/mol. The Bertz CT molecular complexity index is 1090. The standard InChI is InChI=1S/C19H17Cl2N3O3S2/c20-14-6-1-11(7-15(14)21)8-22-18(25)12-2-4-13(5-3-12)23-19-24-16-9-29(26,27)10-17(16)28-19/h1-7,16-17H,8-10H2,(H,22,25)(H,23,24)/t16-,17-/m0/s1. The molecule has 4 rings (SSSR count). The first-order valence-corrected chi connectivity index (χ1v) is 12.3. The maximum atomic E-state index is 12.3. The van der Waals surface area contributed by atoms with Gasteiger partial charge in [0.25, 0.3) is 5.91 Å². The third kappa shape index (κ3) is 4.88. The zero-order chi connectivity index (χ0) is 20.6. The molecule has 6 nitrogen and oxygen atoms in total. The Hall–Kier alpha value is -1.74. The number of nitrogens with zero attached hydrogens (tertiary/aromatic N) is 1. The summed E-state index contributed by atoms with van der Waals surface area (Å²) in [6.07, 6.45) is 0. The monoisotopic (exact) mass is 469 g/mol. The molecule has 0 aromatic heterocycles. The lowest BCUT2D eigenvalue weighted by Crippen LogP contribution is -2.22. The lowest BCUT2D eigenvalue weighted by molar-refractivity contribution is 0.0951. The van der Waals surface area contributed by atoms with Crippen molar-refractivity contribution in [1.82, 2.24) is 5.32 Å². The van der Waals surface area contributed by atoms with Crippen LogP contribution in [0.3, 0.4) is 0 Å². The van der Waals surface area contributed by atoms with Gasteiger partial charge in [-0.15, -0.1) is 0 Å². The van der Waals surface area contributed by atoms with Crippen molar-refractivity contribution < 1.29 is 13.2 Å². The topological polar surface area (TPSA) is 87.6 Å². The average Bonchev–Trinajstić information content (AvgIpc) is 3.15. The van der Waals surface area contributed by atoms with E-state index in [1.807, 2.05) is 6.07 Å². The predicted octanol–water partition coefficient (Wildman–Crippen LogP) is 3.60. The summed E-state index contributed by atoms with van der Waals surface area (Å²) in [7, 11) is -2.96. The Morgan fingerprint density at radius 2 is 1.86 bits per heavy atom. The third-order valence-electron chi connectivity index (χ3n) is 4.65. The Balaban J connectivity index is 1.33. The number of hydrogen-bond donors (Lipinski definition) is 2. The van der Waals surface area contributed by atoms with E-state index < -0.39 is 9.84 Å². The first kappa shape index (κ1) is 20.5.